The van der Waals surface area contributed by atoms with Gasteiger partial charge in [0.05, 0.1) is 11.4 Å². The Morgan fingerprint density at radius 3 is 2.81 bits per heavy atom. The number of rotatable bonds is 6. The third-order valence-electron chi connectivity index (χ3n) is 2.81. The Morgan fingerprint density at radius 2 is 2.14 bits per heavy atom. The molecule has 4 nitrogen and oxygen atoms in total. The molecule has 2 aromatic rings. The minimum atomic E-state index is -0.242. The van der Waals surface area contributed by atoms with E-state index in [9.17, 15) is 4.79 Å². The lowest BCUT2D eigenvalue weighted by atomic mass is 10.2. The topological polar surface area (TPSA) is 55.1 Å². The molecular weight excluding hydrogens is 308 g/mol. The number of hydrogen-bond donors (Lipinski definition) is 1. The molecule has 0 unspecified atom stereocenters. The summed E-state index contributed by atoms with van der Waals surface area (Å²) in [5.74, 6) is 0.656. The second-order valence-corrected chi connectivity index (χ2v) is 6.28. The molecule has 0 aliphatic heterocycles. The molecular formula is C15H17ClN2O2S. The number of carbonyl (C=O) groups excluding carboxylic acids is 1. The van der Waals surface area contributed by atoms with Gasteiger partial charge < -0.3 is 9.73 Å². The average Bonchev–Trinajstić information content (AvgIpc) is 2.93. The number of oxazole rings is 1. The molecule has 1 amide bonds. The molecule has 0 saturated carbocycles. The van der Waals surface area contributed by atoms with Crippen molar-refractivity contribution in [3.63, 3.8) is 0 Å². The molecule has 2 rings (SSSR count). The molecule has 6 heteroatoms. The van der Waals surface area contributed by atoms with Gasteiger partial charge in [-0.1, -0.05) is 30.3 Å². The molecule has 0 fully saturated rings. The van der Waals surface area contributed by atoms with Crippen LogP contribution in [0.1, 0.15) is 20.3 Å². The molecule has 1 atom stereocenters. The third kappa shape index (κ3) is 4.51. The number of nitrogens with one attached hydrogen (secondary N) is 1. The monoisotopic (exact) mass is 324 g/mol. The number of thioether (sulfide) groups is 1. The van der Waals surface area contributed by atoms with Crippen molar-refractivity contribution in [3.8, 4) is 11.3 Å². The van der Waals surface area contributed by atoms with Crippen molar-refractivity contribution < 1.29 is 9.21 Å². The first kappa shape index (κ1) is 15.9. The Labute approximate surface area is 133 Å². The molecule has 112 valence electrons. The van der Waals surface area contributed by atoms with Crippen LogP contribution in [0.25, 0.3) is 11.3 Å². The predicted octanol–water partition coefficient (Wildman–Crippen LogP) is 4.00. The van der Waals surface area contributed by atoms with Crippen LogP contribution in [0.4, 0.5) is 0 Å². The van der Waals surface area contributed by atoms with E-state index in [1.54, 1.807) is 18.3 Å². The van der Waals surface area contributed by atoms with E-state index in [0.717, 1.165) is 12.0 Å². The van der Waals surface area contributed by atoms with E-state index >= 15 is 0 Å². The highest BCUT2D eigenvalue weighted by molar-refractivity contribution is 8.00. The Morgan fingerprint density at radius 1 is 1.43 bits per heavy atom. The van der Waals surface area contributed by atoms with Crippen LogP contribution in [-0.4, -0.2) is 22.7 Å². The number of nitrogens with zero attached hydrogens (tertiary/aromatic N) is 1. The first-order valence-corrected chi connectivity index (χ1v) is 8.02. The van der Waals surface area contributed by atoms with E-state index in [2.05, 4.69) is 10.3 Å². The third-order valence-corrected chi connectivity index (χ3v) is 4.02. The highest BCUT2D eigenvalue weighted by Crippen LogP contribution is 2.28. The van der Waals surface area contributed by atoms with Crippen molar-refractivity contribution in [1.29, 1.82) is 0 Å². The highest BCUT2D eigenvalue weighted by Gasteiger charge is 2.17. The fourth-order valence-electron chi connectivity index (χ4n) is 1.66. The molecule has 1 aromatic carbocycles. The summed E-state index contributed by atoms with van der Waals surface area (Å²) < 4.78 is 5.66. The Hall–Kier alpha value is -1.46. The van der Waals surface area contributed by atoms with E-state index in [4.69, 9.17) is 16.0 Å². The van der Waals surface area contributed by atoms with Crippen molar-refractivity contribution in [1.82, 2.24) is 10.3 Å². The maximum Gasteiger partial charge on any atom is 0.256 e. The summed E-state index contributed by atoms with van der Waals surface area (Å²) in [6, 6.07) is 7.34. The average molecular weight is 325 g/mol. The molecule has 0 aliphatic carbocycles. The van der Waals surface area contributed by atoms with Crippen LogP contribution < -0.4 is 5.32 Å². The number of benzene rings is 1. The van der Waals surface area contributed by atoms with Crippen molar-refractivity contribution in [2.75, 3.05) is 6.54 Å². The zero-order valence-corrected chi connectivity index (χ0v) is 13.5. The molecule has 21 heavy (non-hydrogen) atoms. The van der Waals surface area contributed by atoms with E-state index in [1.807, 2.05) is 26.0 Å². The summed E-state index contributed by atoms with van der Waals surface area (Å²) in [6.45, 7) is 4.54. The molecule has 0 saturated heterocycles. The van der Waals surface area contributed by atoms with E-state index < -0.39 is 0 Å². The van der Waals surface area contributed by atoms with Crippen LogP contribution in [0.3, 0.4) is 0 Å². The lowest BCUT2D eigenvalue weighted by molar-refractivity contribution is -0.120. The Bertz CT molecular complexity index is 598. The van der Waals surface area contributed by atoms with Gasteiger partial charge in [0, 0.05) is 17.1 Å². The standard InChI is InChI=1S/C15H17ClN2O2S/c1-3-8-17-14(19)10(2)21-15-18-9-13(20-15)11-4-6-12(16)7-5-11/h4-7,9-10H,3,8H2,1-2H3,(H,17,19)/t10-/m1/s1. The van der Waals surface area contributed by atoms with Crippen molar-refractivity contribution >= 4 is 29.3 Å². The molecule has 1 aromatic heterocycles. The van der Waals surface area contributed by atoms with Gasteiger partial charge >= 0.3 is 0 Å². The van der Waals surface area contributed by atoms with Gasteiger partial charge in [-0.15, -0.1) is 0 Å². The summed E-state index contributed by atoms with van der Waals surface area (Å²) in [5, 5.41) is 3.77. The maximum absolute atomic E-state index is 11.8. The van der Waals surface area contributed by atoms with Crippen LogP contribution in [0.5, 0.6) is 0 Å². The smallest absolute Gasteiger partial charge is 0.256 e. The highest BCUT2D eigenvalue weighted by atomic mass is 35.5. The van der Waals surface area contributed by atoms with Gasteiger partial charge in [-0.25, -0.2) is 4.98 Å². The van der Waals surface area contributed by atoms with Gasteiger partial charge in [0.2, 0.25) is 5.91 Å². The van der Waals surface area contributed by atoms with Crippen LogP contribution >= 0.6 is 23.4 Å². The molecule has 1 N–H and O–H groups in total. The van der Waals surface area contributed by atoms with E-state index in [0.29, 0.717) is 22.6 Å². The fourth-order valence-corrected chi connectivity index (χ4v) is 2.53. The normalized spacial score (nSPS) is 12.1. The Balaban J connectivity index is 2.00. The van der Waals surface area contributed by atoms with Gasteiger partial charge in [-0.2, -0.15) is 0 Å². The SMILES string of the molecule is CCCNC(=O)[C@@H](C)Sc1ncc(-c2ccc(Cl)cc2)o1. The van der Waals surface area contributed by atoms with Crippen LogP contribution in [0.15, 0.2) is 40.1 Å². The maximum atomic E-state index is 11.8. The largest absolute Gasteiger partial charge is 0.431 e. The van der Waals surface area contributed by atoms with Crippen molar-refractivity contribution in [2.24, 2.45) is 0 Å². The summed E-state index contributed by atoms with van der Waals surface area (Å²) >= 11 is 7.16. The number of amides is 1. The summed E-state index contributed by atoms with van der Waals surface area (Å²) in [7, 11) is 0. The lowest BCUT2D eigenvalue weighted by Gasteiger charge is -2.08. The molecule has 0 spiro atoms. The molecule has 0 bridgehead atoms. The molecule has 0 aliphatic rings. The minimum absolute atomic E-state index is 0.00640. The zero-order chi connectivity index (χ0) is 15.2. The lowest BCUT2D eigenvalue weighted by Crippen LogP contribution is -2.31. The number of carbonyl (C=O) groups is 1. The van der Waals surface area contributed by atoms with Gasteiger partial charge in [0.25, 0.3) is 5.22 Å². The minimum Gasteiger partial charge on any atom is -0.431 e. The van der Waals surface area contributed by atoms with Crippen LogP contribution in [0.2, 0.25) is 5.02 Å². The summed E-state index contributed by atoms with van der Waals surface area (Å²) in [5.41, 5.74) is 0.904. The quantitative estimate of drug-likeness (QED) is 0.816. The fraction of sp³-hybridized carbons (Fsp3) is 0.333. The number of halogens is 1. The van der Waals surface area contributed by atoms with Gasteiger partial charge in [-0.3, -0.25) is 4.79 Å². The van der Waals surface area contributed by atoms with Crippen molar-refractivity contribution in [3.05, 3.63) is 35.5 Å². The van der Waals surface area contributed by atoms with Gasteiger partial charge in [0.15, 0.2) is 5.76 Å². The second kappa shape index (κ2) is 7.52. The second-order valence-electron chi connectivity index (χ2n) is 4.55. The van der Waals surface area contributed by atoms with Crippen LogP contribution in [-0.2, 0) is 4.79 Å². The van der Waals surface area contributed by atoms with Gasteiger partial charge in [-0.05, 0) is 37.6 Å². The summed E-state index contributed by atoms with van der Waals surface area (Å²) in [4.78, 5) is 16.0. The van der Waals surface area contributed by atoms with E-state index in [1.165, 1.54) is 11.8 Å². The first-order chi connectivity index (χ1) is 10.1. The van der Waals surface area contributed by atoms with Gasteiger partial charge in [0.1, 0.15) is 0 Å². The first-order valence-electron chi connectivity index (χ1n) is 6.76. The predicted molar refractivity (Wildman–Crippen MR) is 85.6 cm³/mol. The summed E-state index contributed by atoms with van der Waals surface area (Å²) in [6.07, 6.45) is 2.57. The molecule has 0 radical (unpaired) electrons. The van der Waals surface area contributed by atoms with Crippen LogP contribution in [0, 0.1) is 0 Å². The Kier molecular flexibility index (Phi) is 5.70. The number of hydrogen-bond acceptors (Lipinski definition) is 4. The van der Waals surface area contributed by atoms with E-state index in [-0.39, 0.29) is 11.2 Å². The number of aromatic nitrogens is 1. The zero-order valence-electron chi connectivity index (χ0n) is 11.9. The molecule has 1 heterocycles. The van der Waals surface area contributed by atoms with Crippen molar-refractivity contribution in [2.45, 2.75) is 30.7 Å².